The average molecular weight is 663 g/mol. The summed E-state index contributed by atoms with van der Waals surface area (Å²) in [6, 6.07) is 5.25. The molecule has 1 aliphatic heterocycles. The molecule has 5 heterocycles. The van der Waals surface area contributed by atoms with Gasteiger partial charge in [-0.25, -0.2) is 18.2 Å². The van der Waals surface area contributed by atoms with Gasteiger partial charge in [0.2, 0.25) is 5.91 Å². The highest BCUT2D eigenvalue weighted by atomic mass is 32.1. The number of carbonyl (C=O) groups is 1. The molecule has 1 amide bonds. The highest BCUT2D eigenvalue weighted by Gasteiger charge is 2.29. The average Bonchev–Trinajstić information content (AvgIpc) is 3.69. The van der Waals surface area contributed by atoms with Gasteiger partial charge in [-0.05, 0) is 44.7 Å². The summed E-state index contributed by atoms with van der Waals surface area (Å²) in [5.41, 5.74) is 3.88. The van der Waals surface area contributed by atoms with Gasteiger partial charge in [0.1, 0.15) is 41.2 Å². The highest BCUT2D eigenvalue weighted by molar-refractivity contribution is 7.17. The summed E-state index contributed by atoms with van der Waals surface area (Å²) in [4.78, 5) is 24.0. The van der Waals surface area contributed by atoms with Gasteiger partial charge in [0.05, 0.1) is 34.3 Å². The molecular formula is C34H33F3N6O3S. The van der Waals surface area contributed by atoms with Crippen LogP contribution in [-0.4, -0.2) is 64.4 Å². The van der Waals surface area contributed by atoms with Crippen molar-refractivity contribution in [1.82, 2.24) is 30.4 Å². The van der Waals surface area contributed by atoms with E-state index in [4.69, 9.17) is 19.4 Å². The second kappa shape index (κ2) is 13.3. The molecule has 0 spiro atoms. The normalized spacial score (nSPS) is 15.4. The lowest BCUT2D eigenvalue weighted by atomic mass is 9.94. The van der Waals surface area contributed by atoms with Gasteiger partial charge < -0.3 is 14.8 Å². The molecule has 0 saturated heterocycles. The molecule has 9 nitrogen and oxygen atoms in total. The fourth-order valence-electron chi connectivity index (χ4n) is 5.73. The summed E-state index contributed by atoms with van der Waals surface area (Å²) in [6.45, 7) is 8.21. The van der Waals surface area contributed by atoms with Crippen LogP contribution in [-0.2, 0) is 22.5 Å². The van der Waals surface area contributed by atoms with Crippen LogP contribution < -0.4 is 10.1 Å². The molecule has 2 N–H and O–H groups in total. The lowest BCUT2D eigenvalue weighted by Gasteiger charge is -2.31. The van der Waals surface area contributed by atoms with Crippen LogP contribution in [0, 0.1) is 17.5 Å². The minimum absolute atomic E-state index is 0.0105. The Bertz CT molecular complexity index is 1990. The van der Waals surface area contributed by atoms with E-state index in [2.05, 4.69) is 41.0 Å². The summed E-state index contributed by atoms with van der Waals surface area (Å²) >= 11 is 1.12. The first-order valence-electron chi connectivity index (χ1n) is 15.0. The molecule has 0 bridgehead atoms. The van der Waals surface area contributed by atoms with Gasteiger partial charge in [-0.15, -0.1) is 11.3 Å². The fourth-order valence-corrected chi connectivity index (χ4v) is 6.66. The number of pyridine rings is 2. The minimum Gasteiger partial charge on any atom is -0.490 e. The summed E-state index contributed by atoms with van der Waals surface area (Å²) in [5, 5.41) is 11.5. The zero-order valence-electron chi connectivity index (χ0n) is 26.3. The van der Waals surface area contributed by atoms with Crippen LogP contribution in [0.15, 0.2) is 48.5 Å². The molecule has 0 saturated carbocycles. The number of fused-ring (bicyclic) bond motifs is 2. The molecular weight excluding hydrogens is 629 g/mol. The third-order valence-electron chi connectivity index (χ3n) is 8.33. The Labute approximate surface area is 273 Å². The van der Waals surface area contributed by atoms with Crippen molar-refractivity contribution >= 4 is 27.3 Å². The molecule has 0 aliphatic carbocycles. The topological polar surface area (TPSA) is 105 Å². The van der Waals surface area contributed by atoms with Gasteiger partial charge in [-0.3, -0.25) is 19.8 Å². The number of carbonyl (C=O) groups excluding carboxylic acids is 1. The van der Waals surface area contributed by atoms with Crippen molar-refractivity contribution < 1.29 is 27.4 Å². The van der Waals surface area contributed by atoms with Crippen molar-refractivity contribution in [2.45, 2.75) is 38.9 Å². The van der Waals surface area contributed by atoms with Gasteiger partial charge in [-0.2, -0.15) is 5.10 Å². The largest absolute Gasteiger partial charge is 0.490 e. The molecule has 13 heteroatoms. The molecule has 47 heavy (non-hydrogen) atoms. The SMILES string of the molecule is C=CC(=O)NC(C)c1cc(-c2nc(-c3cnc4c(c3)CN(C)C(C)C4)c3scc(F)c3c2-c2c(F)cc(F)cc2OCCOC)n[nH]1. The summed E-state index contributed by atoms with van der Waals surface area (Å²) in [5.74, 6) is -2.96. The number of nitrogens with one attached hydrogen (secondary N) is 2. The second-order valence-electron chi connectivity index (χ2n) is 11.5. The van der Waals surface area contributed by atoms with Crippen LogP contribution in [0.1, 0.15) is 36.8 Å². The second-order valence-corrected chi connectivity index (χ2v) is 12.4. The van der Waals surface area contributed by atoms with E-state index in [9.17, 15) is 9.18 Å². The molecule has 2 atom stereocenters. The van der Waals surface area contributed by atoms with E-state index in [1.165, 1.54) is 12.5 Å². The number of likely N-dealkylation sites (N-methyl/N-ethyl adjacent to an activating group) is 1. The number of ether oxygens (including phenoxy) is 2. The number of rotatable bonds is 10. The van der Waals surface area contributed by atoms with E-state index in [-0.39, 0.29) is 52.8 Å². The molecule has 2 unspecified atom stereocenters. The Morgan fingerprint density at radius 1 is 1.19 bits per heavy atom. The van der Waals surface area contributed by atoms with Crippen molar-refractivity contribution in [2.75, 3.05) is 27.4 Å². The summed E-state index contributed by atoms with van der Waals surface area (Å²) in [7, 11) is 3.53. The Hall–Kier alpha value is -4.59. The van der Waals surface area contributed by atoms with Gasteiger partial charge in [0, 0.05) is 72.0 Å². The summed E-state index contributed by atoms with van der Waals surface area (Å²) < 4.78 is 57.9. The minimum atomic E-state index is -0.963. The number of nitrogens with zero attached hydrogens (tertiary/aromatic N) is 4. The maximum absolute atomic E-state index is 16.0. The number of aromatic amines is 1. The molecule has 6 rings (SSSR count). The predicted octanol–water partition coefficient (Wildman–Crippen LogP) is 6.60. The zero-order valence-corrected chi connectivity index (χ0v) is 27.1. The molecule has 1 aromatic carbocycles. The maximum Gasteiger partial charge on any atom is 0.243 e. The monoisotopic (exact) mass is 662 g/mol. The number of aromatic nitrogens is 4. The number of hydrogen-bond acceptors (Lipinski definition) is 8. The number of hydrogen-bond donors (Lipinski definition) is 2. The number of benzene rings is 1. The molecule has 0 fully saturated rings. The highest BCUT2D eigenvalue weighted by Crippen LogP contribution is 2.48. The van der Waals surface area contributed by atoms with Crippen molar-refractivity contribution in [3.8, 4) is 39.5 Å². The fraction of sp³-hybridized carbons (Fsp3) is 0.294. The summed E-state index contributed by atoms with van der Waals surface area (Å²) in [6.07, 6.45) is 3.67. The van der Waals surface area contributed by atoms with Crippen LogP contribution >= 0.6 is 11.3 Å². The quantitative estimate of drug-likeness (QED) is 0.128. The first-order chi connectivity index (χ1) is 22.6. The van der Waals surface area contributed by atoms with Crippen LogP contribution in [0.5, 0.6) is 5.75 Å². The molecule has 1 aliphatic rings. The Kier molecular flexibility index (Phi) is 9.13. The smallest absolute Gasteiger partial charge is 0.243 e. The van der Waals surface area contributed by atoms with Gasteiger partial charge in [-0.1, -0.05) is 6.58 Å². The lowest BCUT2D eigenvalue weighted by Crippen LogP contribution is -2.35. The van der Waals surface area contributed by atoms with E-state index < -0.39 is 23.5 Å². The van der Waals surface area contributed by atoms with Crippen LogP contribution in [0.3, 0.4) is 0 Å². The number of halogens is 3. The first-order valence-corrected chi connectivity index (χ1v) is 15.9. The van der Waals surface area contributed by atoms with Crippen molar-refractivity contribution in [3.63, 3.8) is 0 Å². The molecule has 4 aromatic heterocycles. The van der Waals surface area contributed by atoms with Gasteiger partial charge >= 0.3 is 0 Å². The van der Waals surface area contributed by atoms with Gasteiger partial charge in [0.15, 0.2) is 0 Å². The number of amides is 1. The van der Waals surface area contributed by atoms with Crippen LogP contribution in [0.25, 0.3) is 43.9 Å². The third-order valence-corrected chi connectivity index (χ3v) is 9.29. The number of methoxy groups -OCH3 is 1. The zero-order chi connectivity index (χ0) is 33.4. The van der Waals surface area contributed by atoms with E-state index >= 15 is 8.78 Å². The van der Waals surface area contributed by atoms with Crippen LogP contribution in [0.2, 0.25) is 0 Å². The van der Waals surface area contributed by atoms with Crippen molar-refractivity contribution in [1.29, 1.82) is 0 Å². The molecule has 244 valence electrons. The van der Waals surface area contributed by atoms with Crippen LogP contribution in [0.4, 0.5) is 13.2 Å². The Morgan fingerprint density at radius 3 is 2.77 bits per heavy atom. The number of thiophene rings is 1. The molecule has 5 aromatic rings. The first kappa shape index (κ1) is 32.4. The Balaban J connectivity index is 1.62. The van der Waals surface area contributed by atoms with Crippen molar-refractivity contribution in [3.05, 3.63) is 82.9 Å². The van der Waals surface area contributed by atoms with E-state index in [0.717, 1.165) is 47.2 Å². The van der Waals surface area contributed by atoms with E-state index in [1.807, 2.05) is 6.07 Å². The number of H-pyrrole nitrogens is 1. The molecule has 0 radical (unpaired) electrons. The van der Waals surface area contributed by atoms with E-state index in [1.54, 1.807) is 19.2 Å². The van der Waals surface area contributed by atoms with Gasteiger partial charge in [0.25, 0.3) is 0 Å². The predicted molar refractivity (Wildman–Crippen MR) is 175 cm³/mol. The standard InChI is InChI=1S/C34H33F3N6O3S/c1-6-28(44)39-18(3)24-13-26(42-41-24)33-31(29-22(36)11-21(35)12-27(29)46-8-7-45-5)30-23(37)16-47-34(30)32(40-33)19-10-20-15-43(4)17(2)9-25(20)38-14-19/h6,10-14,16-18H,1,7-9,15H2,2-5H3,(H,39,44)(H,41,42). The Morgan fingerprint density at radius 2 is 2.00 bits per heavy atom. The lowest BCUT2D eigenvalue weighted by molar-refractivity contribution is -0.117. The maximum atomic E-state index is 16.0. The van der Waals surface area contributed by atoms with Crippen molar-refractivity contribution in [2.24, 2.45) is 0 Å². The van der Waals surface area contributed by atoms with E-state index in [0.29, 0.717) is 34.2 Å². The third kappa shape index (κ3) is 6.25.